The molecule has 0 aliphatic rings. The molecule has 3 rings (SSSR count). The summed E-state index contributed by atoms with van der Waals surface area (Å²) in [6.45, 7) is 1.92. The van der Waals surface area contributed by atoms with E-state index in [1.54, 1.807) is 18.4 Å². The van der Waals surface area contributed by atoms with Crippen LogP contribution in [0.2, 0.25) is 0 Å². The van der Waals surface area contributed by atoms with Crippen LogP contribution in [0.15, 0.2) is 52.4 Å². The van der Waals surface area contributed by atoms with E-state index >= 15 is 0 Å². The zero-order valence-electron chi connectivity index (χ0n) is 13.5. The van der Waals surface area contributed by atoms with E-state index in [4.69, 9.17) is 9.26 Å². The van der Waals surface area contributed by atoms with Gasteiger partial charge in [0, 0.05) is 31.3 Å². The third kappa shape index (κ3) is 4.03. The second kappa shape index (κ2) is 8.10. The fraction of sp³-hybridized carbons (Fsp3) is 0.278. The minimum atomic E-state index is 0.0881. The standard InChI is InChI=1S/C18H20N2O3S/c1-22-16-6-3-2-5-14(16)12-20(8-9-21)13-15-11-17(23-19-15)18-7-4-10-24-18/h2-7,10-11,21H,8-9,12-13H2,1H3. The van der Waals surface area contributed by atoms with Gasteiger partial charge >= 0.3 is 0 Å². The molecular weight excluding hydrogens is 324 g/mol. The molecule has 0 aliphatic heterocycles. The van der Waals surface area contributed by atoms with Gasteiger partial charge in [-0.3, -0.25) is 4.90 Å². The van der Waals surface area contributed by atoms with Crippen molar-refractivity contribution in [3.63, 3.8) is 0 Å². The van der Waals surface area contributed by atoms with Crippen molar-refractivity contribution in [1.82, 2.24) is 10.1 Å². The molecule has 1 aromatic carbocycles. The van der Waals surface area contributed by atoms with Crippen LogP contribution in [0.25, 0.3) is 10.6 Å². The van der Waals surface area contributed by atoms with Gasteiger partial charge in [-0.1, -0.05) is 29.4 Å². The van der Waals surface area contributed by atoms with Crippen molar-refractivity contribution in [2.24, 2.45) is 0 Å². The average Bonchev–Trinajstić information content (AvgIpc) is 3.26. The Balaban J connectivity index is 1.72. The van der Waals surface area contributed by atoms with E-state index in [-0.39, 0.29) is 6.61 Å². The summed E-state index contributed by atoms with van der Waals surface area (Å²) < 4.78 is 10.8. The summed E-state index contributed by atoms with van der Waals surface area (Å²) in [6.07, 6.45) is 0. The Labute approximate surface area is 145 Å². The van der Waals surface area contributed by atoms with E-state index in [0.29, 0.717) is 19.6 Å². The average molecular weight is 344 g/mol. The smallest absolute Gasteiger partial charge is 0.177 e. The topological polar surface area (TPSA) is 58.7 Å². The maximum atomic E-state index is 9.36. The lowest BCUT2D eigenvalue weighted by atomic mass is 10.2. The number of rotatable bonds is 8. The van der Waals surface area contributed by atoms with Gasteiger partial charge in [-0.05, 0) is 17.5 Å². The normalized spacial score (nSPS) is 11.1. The van der Waals surface area contributed by atoms with Crippen LogP contribution in [0, 0.1) is 0 Å². The van der Waals surface area contributed by atoms with Gasteiger partial charge in [0.2, 0.25) is 0 Å². The highest BCUT2D eigenvalue weighted by molar-refractivity contribution is 7.13. The Morgan fingerprint density at radius 2 is 2.08 bits per heavy atom. The monoisotopic (exact) mass is 344 g/mol. The number of methoxy groups -OCH3 is 1. The molecule has 0 amide bonds. The first-order valence-electron chi connectivity index (χ1n) is 7.74. The number of para-hydroxylation sites is 1. The van der Waals surface area contributed by atoms with Crippen LogP contribution in [0.5, 0.6) is 5.75 Å². The van der Waals surface area contributed by atoms with E-state index in [1.807, 2.05) is 47.8 Å². The van der Waals surface area contributed by atoms with Crippen molar-refractivity contribution in [2.75, 3.05) is 20.3 Å². The Morgan fingerprint density at radius 1 is 1.21 bits per heavy atom. The van der Waals surface area contributed by atoms with Crippen molar-refractivity contribution >= 4 is 11.3 Å². The van der Waals surface area contributed by atoms with E-state index in [1.165, 1.54) is 0 Å². The highest BCUT2D eigenvalue weighted by atomic mass is 32.1. The number of thiophene rings is 1. The highest BCUT2D eigenvalue weighted by Gasteiger charge is 2.14. The lowest BCUT2D eigenvalue weighted by molar-refractivity contribution is 0.179. The quantitative estimate of drug-likeness (QED) is 0.679. The Hall–Kier alpha value is -2.15. The van der Waals surface area contributed by atoms with Gasteiger partial charge < -0.3 is 14.4 Å². The van der Waals surface area contributed by atoms with Crippen LogP contribution in [-0.2, 0) is 13.1 Å². The van der Waals surface area contributed by atoms with Crippen molar-refractivity contribution in [3.8, 4) is 16.4 Å². The largest absolute Gasteiger partial charge is 0.496 e. The molecule has 0 bridgehead atoms. The second-order valence-corrected chi connectivity index (χ2v) is 6.35. The molecule has 2 heterocycles. The third-order valence-electron chi connectivity index (χ3n) is 3.71. The molecule has 0 saturated carbocycles. The number of benzene rings is 1. The van der Waals surface area contributed by atoms with Crippen LogP contribution < -0.4 is 4.74 Å². The first-order chi connectivity index (χ1) is 11.8. The lowest BCUT2D eigenvalue weighted by Gasteiger charge is -2.21. The number of aromatic nitrogens is 1. The highest BCUT2D eigenvalue weighted by Crippen LogP contribution is 2.26. The summed E-state index contributed by atoms with van der Waals surface area (Å²) in [5.41, 5.74) is 1.93. The van der Waals surface area contributed by atoms with E-state index in [9.17, 15) is 5.11 Å². The van der Waals surface area contributed by atoms with Crippen LogP contribution in [0.4, 0.5) is 0 Å². The summed E-state index contributed by atoms with van der Waals surface area (Å²) >= 11 is 1.62. The maximum Gasteiger partial charge on any atom is 0.177 e. The zero-order valence-corrected chi connectivity index (χ0v) is 14.3. The van der Waals surface area contributed by atoms with Crippen LogP contribution in [0.1, 0.15) is 11.3 Å². The van der Waals surface area contributed by atoms with E-state index < -0.39 is 0 Å². The molecular formula is C18H20N2O3S. The molecule has 126 valence electrons. The summed E-state index contributed by atoms with van der Waals surface area (Å²) in [7, 11) is 1.67. The number of hydrogen-bond donors (Lipinski definition) is 1. The van der Waals surface area contributed by atoms with Crippen molar-refractivity contribution in [3.05, 3.63) is 59.1 Å². The molecule has 3 aromatic rings. The molecule has 0 fully saturated rings. The first-order valence-corrected chi connectivity index (χ1v) is 8.62. The summed E-state index contributed by atoms with van der Waals surface area (Å²) in [6, 6.07) is 13.9. The second-order valence-electron chi connectivity index (χ2n) is 5.41. The zero-order chi connectivity index (χ0) is 16.8. The Morgan fingerprint density at radius 3 is 2.83 bits per heavy atom. The lowest BCUT2D eigenvalue weighted by Crippen LogP contribution is -2.26. The third-order valence-corrected chi connectivity index (χ3v) is 4.60. The van der Waals surface area contributed by atoms with Crippen molar-refractivity contribution in [2.45, 2.75) is 13.1 Å². The summed E-state index contributed by atoms with van der Waals surface area (Å²) in [5, 5.41) is 15.5. The molecule has 0 radical (unpaired) electrons. The van der Waals surface area contributed by atoms with E-state index in [2.05, 4.69) is 10.1 Å². The molecule has 24 heavy (non-hydrogen) atoms. The molecule has 0 spiro atoms. The molecule has 1 N–H and O–H groups in total. The van der Waals surface area contributed by atoms with Gasteiger partial charge in [0.05, 0.1) is 24.3 Å². The van der Waals surface area contributed by atoms with Gasteiger partial charge in [-0.25, -0.2) is 0 Å². The van der Waals surface area contributed by atoms with Crippen LogP contribution in [0.3, 0.4) is 0 Å². The van der Waals surface area contributed by atoms with Crippen molar-refractivity contribution < 1.29 is 14.4 Å². The molecule has 6 heteroatoms. The maximum absolute atomic E-state index is 9.36. The van der Waals surface area contributed by atoms with Gasteiger partial charge in [0.1, 0.15) is 5.75 Å². The van der Waals surface area contributed by atoms with Gasteiger partial charge in [0.25, 0.3) is 0 Å². The number of ether oxygens (including phenoxy) is 1. The Kier molecular flexibility index (Phi) is 5.63. The summed E-state index contributed by atoms with van der Waals surface area (Å²) in [4.78, 5) is 3.18. The molecule has 0 aliphatic carbocycles. The number of nitrogens with zero attached hydrogens (tertiary/aromatic N) is 2. The minimum absolute atomic E-state index is 0.0881. The predicted molar refractivity (Wildman–Crippen MR) is 94.0 cm³/mol. The fourth-order valence-corrected chi connectivity index (χ4v) is 3.25. The fourth-order valence-electron chi connectivity index (χ4n) is 2.58. The SMILES string of the molecule is COc1ccccc1CN(CCO)Cc1cc(-c2cccs2)on1. The minimum Gasteiger partial charge on any atom is -0.496 e. The van der Waals surface area contributed by atoms with E-state index in [0.717, 1.165) is 27.6 Å². The van der Waals surface area contributed by atoms with Crippen LogP contribution >= 0.6 is 11.3 Å². The molecule has 0 saturated heterocycles. The number of hydrogen-bond acceptors (Lipinski definition) is 6. The van der Waals surface area contributed by atoms with Gasteiger partial charge in [0.15, 0.2) is 5.76 Å². The molecule has 0 unspecified atom stereocenters. The first kappa shape index (κ1) is 16.7. The predicted octanol–water partition coefficient (Wildman–Crippen LogP) is 3.41. The number of aliphatic hydroxyl groups is 1. The summed E-state index contributed by atoms with van der Waals surface area (Å²) in [5.74, 6) is 1.63. The Bertz CT molecular complexity index is 755. The van der Waals surface area contributed by atoms with Crippen LogP contribution in [-0.4, -0.2) is 35.4 Å². The molecule has 0 atom stereocenters. The van der Waals surface area contributed by atoms with Gasteiger partial charge in [-0.15, -0.1) is 11.3 Å². The number of aliphatic hydroxyl groups excluding tert-OH is 1. The molecule has 5 nitrogen and oxygen atoms in total. The molecule has 2 aromatic heterocycles. The van der Waals surface area contributed by atoms with Crippen molar-refractivity contribution in [1.29, 1.82) is 0 Å². The van der Waals surface area contributed by atoms with Gasteiger partial charge in [-0.2, -0.15) is 0 Å².